The van der Waals surface area contributed by atoms with Gasteiger partial charge in [0.25, 0.3) is 5.56 Å². The summed E-state index contributed by atoms with van der Waals surface area (Å²) in [5.41, 5.74) is 1.28. The van der Waals surface area contributed by atoms with Gasteiger partial charge in [-0.25, -0.2) is 17.8 Å². The zero-order chi connectivity index (χ0) is 17.2. The number of hydrogen-bond donors (Lipinski definition) is 1. The van der Waals surface area contributed by atoms with Crippen LogP contribution in [-0.4, -0.2) is 24.7 Å². The Morgan fingerprint density at radius 1 is 1.25 bits per heavy atom. The van der Waals surface area contributed by atoms with Crippen molar-refractivity contribution in [2.24, 2.45) is 0 Å². The van der Waals surface area contributed by atoms with Gasteiger partial charge >= 0.3 is 0 Å². The maximum absolute atomic E-state index is 12.1. The third kappa shape index (κ3) is 4.66. The molecule has 6 nitrogen and oxygen atoms in total. The molecule has 24 heavy (non-hydrogen) atoms. The van der Waals surface area contributed by atoms with Crippen molar-refractivity contribution >= 4 is 21.6 Å². The summed E-state index contributed by atoms with van der Waals surface area (Å²) in [6, 6.07) is 9.96. The largest absolute Gasteiger partial charge is 0.268 e. The van der Waals surface area contributed by atoms with Crippen molar-refractivity contribution < 1.29 is 8.42 Å². The smallest absolute Gasteiger partial charge is 0.266 e. The highest BCUT2D eigenvalue weighted by Crippen LogP contribution is 2.38. The molecule has 1 heterocycles. The third-order valence-corrected chi connectivity index (χ3v) is 5.37. The number of benzene rings is 1. The van der Waals surface area contributed by atoms with Crippen LogP contribution < -0.4 is 10.3 Å². The molecule has 1 N–H and O–H groups in total. The first-order chi connectivity index (χ1) is 11.4. The molecule has 1 saturated carbocycles. The fraction of sp³-hybridized carbons (Fsp3) is 0.375. The number of halogens is 1. The molecule has 0 radical (unpaired) electrons. The highest BCUT2D eigenvalue weighted by atomic mass is 35.5. The van der Waals surface area contributed by atoms with Gasteiger partial charge in [-0.15, -0.1) is 0 Å². The zero-order valence-electron chi connectivity index (χ0n) is 13.0. The van der Waals surface area contributed by atoms with Crippen LogP contribution in [0, 0.1) is 0 Å². The lowest BCUT2D eigenvalue weighted by atomic mass is 10.2. The Balaban J connectivity index is 1.59. The van der Waals surface area contributed by atoms with Crippen LogP contribution in [-0.2, 0) is 22.3 Å². The minimum atomic E-state index is -3.50. The van der Waals surface area contributed by atoms with Crippen LogP contribution in [0.25, 0.3) is 0 Å². The molecule has 2 aromatic rings. The second-order valence-corrected chi connectivity index (χ2v) is 8.12. The number of rotatable bonds is 7. The Bertz CT molecular complexity index is 891. The predicted molar refractivity (Wildman–Crippen MR) is 92.6 cm³/mol. The van der Waals surface area contributed by atoms with Crippen molar-refractivity contribution in [3.05, 3.63) is 63.0 Å². The number of hydrogen-bond acceptors (Lipinski definition) is 4. The minimum absolute atomic E-state index is 0.115. The topological polar surface area (TPSA) is 81.1 Å². The van der Waals surface area contributed by atoms with E-state index in [1.165, 1.54) is 10.7 Å². The van der Waals surface area contributed by atoms with E-state index >= 15 is 0 Å². The molecule has 1 aromatic carbocycles. The second kappa shape index (κ2) is 7.04. The van der Waals surface area contributed by atoms with Gasteiger partial charge in [0, 0.05) is 23.6 Å². The highest BCUT2D eigenvalue weighted by Gasteiger charge is 2.25. The van der Waals surface area contributed by atoms with Crippen LogP contribution in [0.1, 0.15) is 30.0 Å². The van der Waals surface area contributed by atoms with Gasteiger partial charge in [0.05, 0.1) is 18.0 Å². The molecule has 0 aliphatic heterocycles. The Morgan fingerprint density at radius 2 is 2.04 bits per heavy atom. The van der Waals surface area contributed by atoms with Crippen molar-refractivity contribution in [1.29, 1.82) is 0 Å². The second-order valence-electron chi connectivity index (χ2n) is 5.88. The monoisotopic (exact) mass is 367 g/mol. The molecule has 0 spiro atoms. The Hall–Kier alpha value is -1.70. The van der Waals surface area contributed by atoms with E-state index in [1.54, 1.807) is 30.3 Å². The molecule has 3 rings (SSSR count). The van der Waals surface area contributed by atoms with Crippen LogP contribution in [0.4, 0.5) is 0 Å². The standard InChI is InChI=1S/C16H18ClN3O3S/c17-14-3-1-2-12(10-14)11-24(22,23)18-8-9-20-16(21)7-6-15(19-20)13-4-5-13/h1-3,6-7,10,13,18H,4-5,8-9,11H2. The summed E-state index contributed by atoms with van der Waals surface area (Å²) in [7, 11) is -3.50. The number of sulfonamides is 1. The molecule has 0 bridgehead atoms. The van der Waals surface area contributed by atoms with Crippen LogP contribution in [0.2, 0.25) is 5.02 Å². The number of aromatic nitrogens is 2. The quantitative estimate of drug-likeness (QED) is 0.810. The molecule has 0 unspecified atom stereocenters. The van der Waals surface area contributed by atoms with E-state index in [0.29, 0.717) is 16.5 Å². The average Bonchev–Trinajstić information content (AvgIpc) is 3.33. The Labute approximate surface area is 145 Å². The van der Waals surface area contributed by atoms with Gasteiger partial charge in [0.2, 0.25) is 10.0 Å². The van der Waals surface area contributed by atoms with Crippen LogP contribution >= 0.6 is 11.6 Å². The SMILES string of the molecule is O=c1ccc(C2CC2)nn1CCNS(=O)(=O)Cc1cccc(Cl)c1. The maximum atomic E-state index is 12.1. The van der Waals surface area contributed by atoms with E-state index < -0.39 is 10.0 Å². The molecule has 8 heteroatoms. The molecule has 0 amide bonds. The van der Waals surface area contributed by atoms with Gasteiger partial charge in [-0.1, -0.05) is 23.7 Å². The van der Waals surface area contributed by atoms with Crippen molar-refractivity contribution in [1.82, 2.24) is 14.5 Å². The first-order valence-electron chi connectivity index (χ1n) is 7.73. The average molecular weight is 368 g/mol. The Morgan fingerprint density at radius 3 is 2.75 bits per heavy atom. The fourth-order valence-electron chi connectivity index (χ4n) is 2.43. The van der Waals surface area contributed by atoms with Crippen molar-refractivity contribution in [2.45, 2.75) is 31.1 Å². The normalized spacial score (nSPS) is 14.7. The molecule has 1 fully saturated rings. The summed E-state index contributed by atoms with van der Waals surface area (Å²) < 4.78 is 28.0. The lowest BCUT2D eigenvalue weighted by Crippen LogP contribution is -2.32. The predicted octanol–water partition coefficient (Wildman–Crippen LogP) is 1.89. The minimum Gasteiger partial charge on any atom is -0.268 e. The molecule has 0 atom stereocenters. The van der Waals surface area contributed by atoms with Crippen molar-refractivity contribution in [3.63, 3.8) is 0 Å². The van der Waals surface area contributed by atoms with Gasteiger partial charge in [-0.3, -0.25) is 4.79 Å². The van der Waals surface area contributed by atoms with E-state index in [0.717, 1.165) is 18.5 Å². The van der Waals surface area contributed by atoms with Crippen LogP contribution in [0.3, 0.4) is 0 Å². The number of nitrogens with one attached hydrogen (secondary N) is 1. The summed E-state index contributed by atoms with van der Waals surface area (Å²) in [5.74, 6) is 0.286. The Kier molecular flexibility index (Phi) is 5.03. The van der Waals surface area contributed by atoms with Crippen molar-refractivity contribution in [3.8, 4) is 0 Å². The van der Waals surface area contributed by atoms with E-state index in [-0.39, 0.29) is 24.4 Å². The van der Waals surface area contributed by atoms with Gasteiger partial charge in [-0.05, 0) is 36.6 Å². The summed E-state index contributed by atoms with van der Waals surface area (Å²) in [6.07, 6.45) is 2.19. The fourth-order valence-corrected chi connectivity index (χ4v) is 3.76. The first kappa shape index (κ1) is 17.1. The summed E-state index contributed by atoms with van der Waals surface area (Å²) in [4.78, 5) is 11.8. The number of nitrogens with zero attached hydrogens (tertiary/aromatic N) is 2. The molecule has 128 valence electrons. The summed E-state index contributed by atoms with van der Waals surface area (Å²) in [5, 5.41) is 4.80. The van der Waals surface area contributed by atoms with E-state index in [1.807, 2.05) is 0 Å². The molecule has 0 saturated heterocycles. The molecule has 1 aliphatic carbocycles. The molecular weight excluding hydrogens is 350 g/mol. The zero-order valence-corrected chi connectivity index (χ0v) is 14.6. The molecule has 1 aliphatic rings. The third-order valence-electron chi connectivity index (χ3n) is 3.77. The lowest BCUT2D eigenvalue weighted by molar-refractivity contribution is 0.540. The van der Waals surface area contributed by atoms with Gasteiger partial charge < -0.3 is 0 Å². The first-order valence-corrected chi connectivity index (χ1v) is 9.76. The van der Waals surface area contributed by atoms with Crippen molar-refractivity contribution in [2.75, 3.05) is 6.54 Å². The molecular formula is C16H18ClN3O3S. The molecule has 1 aromatic heterocycles. The van der Waals surface area contributed by atoms with Crippen LogP contribution in [0.5, 0.6) is 0 Å². The summed E-state index contributed by atoms with van der Waals surface area (Å²) in [6.45, 7) is 0.318. The maximum Gasteiger partial charge on any atom is 0.266 e. The van der Waals surface area contributed by atoms with E-state index in [2.05, 4.69) is 9.82 Å². The van der Waals surface area contributed by atoms with Gasteiger partial charge in [0.1, 0.15) is 0 Å². The van der Waals surface area contributed by atoms with E-state index in [4.69, 9.17) is 11.6 Å². The highest BCUT2D eigenvalue weighted by molar-refractivity contribution is 7.88. The van der Waals surface area contributed by atoms with E-state index in [9.17, 15) is 13.2 Å². The summed E-state index contributed by atoms with van der Waals surface area (Å²) >= 11 is 5.86. The lowest BCUT2D eigenvalue weighted by Gasteiger charge is -2.09. The van der Waals surface area contributed by atoms with Crippen LogP contribution in [0.15, 0.2) is 41.2 Å². The van der Waals surface area contributed by atoms with Gasteiger partial charge in [-0.2, -0.15) is 5.10 Å². The van der Waals surface area contributed by atoms with Gasteiger partial charge in [0.15, 0.2) is 0 Å².